The highest BCUT2D eigenvalue weighted by Crippen LogP contribution is 2.29. The summed E-state index contributed by atoms with van der Waals surface area (Å²) in [5, 5.41) is 7.97. The Hall–Kier alpha value is -3.65. The predicted octanol–water partition coefficient (Wildman–Crippen LogP) is 4.85. The molecule has 0 bridgehead atoms. The Balaban J connectivity index is 1.30. The number of anilines is 3. The van der Waals surface area contributed by atoms with E-state index < -0.39 is 0 Å². The summed E-state index contributed by atoms with van der Waals surface area (Å²) in [7, 11) is 1.61. The zero-order chi connectivity index (χ0) is 24.2. The molecule has 0 unspecified atom stereocenters. The van der Waals surface area contributed by atoms with Gasteiger partial charge < -0.3 is 15.0 Å². The summed E-state index contributed by atoms with van der Waals surface area (Å²) in [4.78, 5) is 13.8. The Kier molecular flexibility index (Phi) is 6.81. The lowest BCUT2D eigenvalue weighted by Crippen LogP contribution is -2.50. The number of ether oxygens (including phenoxy) is 1. The van der Waals surface area contributed by atoms with Crippen LogP contribution in [0.15, 0.2) is 61.1 Å². The quantitative estimate of drug-likeness (QED) is 0.394. The molecule has 35 heavy (non-hydrogen) atoms. The number of rotatable bonds is 8. The topological polar surface area (TPSA) is 70.8 Å². The molecule has 8 heteroatoms. The molecule has 5 rings (SSSR count). The van der Waals surface area contributed by atoms with Crippen molar-refractivity contribution in [2.75, 3.05) is 43.5 Å². The zero-order valence-electron chi connectivity index (χ0n) is 20.7. The smallest absolute Gasteiger partial charge is 0.213 e. The molecular weight excluding hydrogens is 438 g/mol. The van der Waals surface area contributed by atoms with Gasteiger partial charge in [-0.15, -0.1) is 0 Å². The molecule has 1 fully saturated rings. The lowest BCUT2D eigenvalue weighted by Gasteiger charge is -2.39. The number of hydrogen-bond acceptors (Lipinski definition) is 7. The van der Waals surface area contributed by atoms with E-state index in [1.807, 2.05) is 28.8 Å². The van der Waals surface area contributed by atoms with E-state index >= 15 is 0 Å². The van der Waals surface area contributed by atoms with Crippen LogP contribution in [0.5, 0.6) is 5.88 Å². The van der Waals surface area contributed by atoms with Crippen LogP contribution in [0, 0.1) is 0 Å². The van der Waals surface area contributed by atoms with Gasteiger partial charge in [0.15, 0.2) is 5.65 Å². The molecule has 1 aliphatic heterocycles. The average Bonchev–Trinajstić information content (AvgIpc) is 3.41. The van der Waals surface area contributed by atoms with E-state index in [1.54, 1.807) is 19.6 Å². The fourth-order valence-electron chi connectivity index (χ4n) is 4.97. The van der Waals surface area contributed by atoms with Crippen molar-refractivity contribution in [2.24, 2.45) is 0 Å². The van der Waals surface area contributed by atoms with Gasteiger partial charge in [0.2, 0.25) is 5.88 Å². The highest BCUT2D eigenvalue weighted by atomic mass is 16.5. The van der Waals surface area contributed by atoms with Crippen molar-refractivity contribution in [1.29, 1.82) is 0 Å². The number of piperazine rings is 1. The number of benzene rings is 1. The molecule has 1 saturated heterocycles. The average molecular weight is 472 g/mol. The first-order valence-corrected chi connectivity index (χ1v) is 12.4. The molecule has 4 heterocycles. The van der Waals surface area contributed by atoms with E-state index in [2.05, 4.69) is 68.3 Å². The van der Waals surface area contributed by atoms with Crippen molar-refractivity contribution in [2.45, 2.75) is 32.7 Å². The molecule has 0 saturated carbocycles. The third-order valence-electron chi connectivity index (χ3n) is 6.95. The van der Waals surface area contributed by atoms with Gasteiger partial charge in [0, 0.05) is 61.4 Å². The first-order chi connectivity index (χ1) is 17.2. The largest absolute Gasteiger partial charge is 0.481 e. The maximum Gasteiger partial charge on any atom is 0.213 e. The number of nitrogens with zero attached hydrogens (tertiary/aromatic N) is 6. The minimum atomic E-state index is 0.565. The van der Waals surface area contributed by atoms with Gasteiger partial charge in [0.25, 0.3) is 0 Å². The van der Waals surface area contributed by atoms with Crippen LogP contribution >= 0.6 is 0 Å². The minimum absolute atomic E-state index is 0.565. The van der Waals surface area contributed by atoms with Crippen LogP contribution in [0.4, 0.5) is 17.1 Å². The molecule has 182 valence electrons. The summed E-state index contributed by atoms with van der Waals surface area (Å²) in [5.41, 5.74) is 5.85. The maximum absolute atomic E-state index is 5.28. The molecule has 0 amide bonds. The summed E-state index contributed by atoms with van der Waals surface area (Å²) < 4.78 is 7.12. The molecule has 0 atom stereocenters. The van der Waals surface area contributed by atoms with E-state index in [0.717, 1.165) is 54.5 Å². The minimum Gasteiger partial charge on any atom is -0.481 e. The highest BCUT2D eigenvalue weighted by molar-refractivity contribution is 5.78. The van der Waals surface area contributed by atoms with Crippen LogP contribution < -0.4 is 15.0 Å². The van der Waals surface area contributed by atoms with Gasteiger partial charge in [-0.2, -0.15) is 5.10 Å². The number of nitrogens with one attached hydrogen (secondary N) is 1. The van der Waals surface area contributed by atoms with Crippen molar-refractivity contribution < 1.29 is 4.74 Å². The Labute approximate surface area is 206 Å². The summed E-state index contributed by atoms with van der Waals surface area (Å²) in [6.45, 7) is 9.00. The van der Waals surface area contributed by atoms with Crippen molar-refractivity contribution in [3.05, 3.63) is 61.1 Å². The Morgan fingerprint density at radius 3 is 2.43 bits per heavy atom. The van der Waals surface area contributed by atoms with Gasteiger partial charge in [-0.1, -0.05) is 13.8 Å². The SMILES string of the molecule is CCC(CC)N1CCN(c2ccc(Nc3ccc(-c4ccnc(OC)c4)n4ncnc34)cc2)CC1. The van der Waals surface area contributed by atoms with Crippen LogP contribution in [0.25, 0.3) is 16.9 Å². The fourth-order valence-corrected chi connectivity index (χ4v) is 4.97. The van der Waals surface area contributed by atoms with Crippen LogP contribution in [-0.2, 0) is 0 Å². The second kappa shape index (κ2) is 10.3. The van der Waals surface area contributed by atoms with Crippen LogP contribution in [0.1, 0.15) is 26.7 Å². The zero-order valence-corrected chi connectivity index (χ0v) is 20.7. The first-order valence-electron chi connectivity index (χ1n) is 12.4. The monoisotopic (exact) mass is 471 g/mol. The molecule has 8 nitrogen and oxygen atoms in total. The van der Waals surface area contributed by atoms with Gasteiger partial charge in [-0.3, -0.25) is 4.90 Å². The third kappa shape index (κ3) is 4.79. The Morgan fingerprint density at radius 1 is 0.943 bits per heavy atom. The predicted molar refractivity (Wildman–Crippen MR) is 141 cm³/mol. The van der Waals surface area contributed by atoms with E-state index in [-0.39, 0.29) is 0 Å². The summed E-state index contributed by atoms with van der Waals surface area (Å²) in [5.74, 6) is 0.565. The Morgan fingerprint density at radius 2 is 1.71 bits per heavy atom. The summed E-state index contributed by atoms with van der Waals surface area (Å²) in [6.07, 6.45) is 5.77. The Bertz CT molecular complexity index is 1260. The molecule has 0 aliphatic carbocycles. The van der Waals surface area contributed by atoms with Gasteiger partial charge in [-0.05, 0) is 55.3 Å². The van der Waals surface area contributed by atoms with E-state index in [1.165, 1.54) is 18.5 Å². The maximum atomic E-state index is 5.28. The van der Waals surface area contributed by atoms with Gasteiger partial charge >= 0.3 is 0 Å². The van der Waals surface area contributed by atoms with Crippen LogP contribution in [0.3, 0.4) is 0 Å². The van der Waals surface area contributed by atoms with E-state index in [4.69, 9.17) is 4.74 Å². The number of aromatic nitrogens is 4. The van der Waals surface area contributed by atoms with E-state index in [9.17, 15) is 0 Å². The number of fused-ring (bicyclic) bond motifs is 1. The van der Waals surface area contributed by atoms with Crippen molar-refractivity contribution >= 4 is 22.7 Å². The van der Waals surface area contributed by atoms with Crippen LogP contribution in [-0.4, -0.2) is 63.8 Å². The number of methoxy groups -OCH3 is 1. The van der Waals surface area contributed by atoms with Gasteiger partial charge in [0.05, 0.1) is 18.5 Å². The third-order valence-corrected chi connectivity index (χ3v) is 6.95. The molecule has 1 aromatic carbocycles. The normalized spacial score (nSPS) is 14.6. The highest BCUT2D eigenvalue weighted by Gasteiger charge is 2.21. The lowest BCUT2D eigenvalue weighted by atomic mass is 10.1. The van der Waals surface area contributed by atoms with E-state index in [0.29, 0.717) is 11.9 Å². The first kappa shape index (κ1) is 23.1. The molecule has 1 aliphatic rings. The van der Waals surface area contributed by atoms with Gasteiger partial charge in [-0.25, -0.2) is 14.5 Å². The molecule has 4 aromatic rings. The molecule has 3 aromatic heterocycles. The fraction of sp³-hybridized carbons (Fsp3) is 0.370. The van der Waals surface area contributed by atoms with Gasteiger partial charge in [0.1, 0.15) is 6.33 Å². The van der Waals surface area contributed by atoms with Crippen molar-refractivity contribution in [3.8, 4) is 17.1 Å². The van der Waals surface area contributed by atoms with Crippen molar-refractivity contribution in [1.82, 2.24) is 24.5 Å². The number of hydrogen-bond donors (Lipinski definition) is 1. The summed E-state index contributed by atoms with van der Waals surface area (Å²) >= 11 is 0. The lowest BCUT2D eigenvalue weighted by molar-refractivity contribution is 0.175. The molecule has 0 spiro atoms. The standard InChI is InChI=1S/C27H33N7O/c1-4-22(5-2)32-14-16-33(17-15-32)23-8-6-21(7-9-23)31-24-10-11-25(34-27(24)29-19-30-34)20-12-13-28-26(18-20)35-3/h6-13,18-19,22,31H,4-5,14-17H2,1-3H3. The second-order valence-electron chi connectivity index (χ2n) is 8.88. The van der Waals surface area contributed by atoms with Crippen LogP contribution in [0.2, 0.25) is 0 Å². The second-order valence-corrected chi connectivity index (χ2v) is 8.88. The van der Waals surface area contributed by atoms with Crippen molar-refractivity contribution in [3.63, 3.8) is 0 Å². The number of pyridine rings is 2. The summed E-state index contributed by atoms with van der Waals surface area (Å²) in [6, 6.07) is 17.3. The molecule has 0 radical (unpaired) electrons. The molecular formula is C27H33N7O. The molecule has 1 N–H and O–H groups in total.